The molecule has 1 saturated carbocycles. The highest BCUT2D eigenvalue weighted by molar-refractivity contribution is 5.94. The number of hydrogen-bond donors (Lipinski definition) is 2. The van der Waals surface area contributed by atoms with Gasteiger partial charge in [-0.1, -0.05) is 0 Å². The van der Waals surface area contributed by atoms with Crippen molar-refractivity contribution in [3.8, 4) is 0 Å². The van der Waals surface area contributed by atoms with E-state index in [0.717, 1.165) is 25.1 Å². The number of carboxylic acids is 1. The molecule has 0 bridgehead atoms. The molecule has 0 radical (unpaired) electrons. The summed E-state index contributed by atoms with van der Waals surface area (Å²) in [5.41, 5.74) is -0.262. The number of nitrogens with one attached hydrogen (secondary N) is 1. The molecule has 6 nitrogen and oxygen atoms in total. The van der Waals surface area contributed by atoms with Crippen LogP contribution in [0.4, 0.5) is 10.2 Å². The largest absolute Gasteiger partial charge is 0.478 e. The van der Waals surface area contributed by atoms with Crippen LogP contribution in [0.1, 0.15) is 23.2 Å². The van der Waals surface area contributed by atoms with Gasteiger partial charge in [0.25, 0.3) is 0 Å². The second-order valence-electron chi connectivity index (χ2n) is 4.53. The van der Waals surface area contributed by atoms with E-state index in [0.29, 0.717) is 0 Å². The average molecular weight is 267 g/mol. The Labute approximate surface area is 109 Å². The maximum atomic E-state index is 13.0. The Bertz CT molecular complexity index is 517. The number of carbonyl (C=O) groups excluding carboxylic acids is 1. The van der Waals surface area contributed by atoms with E-state index in [1.54, 1.807) is 7.05 Å². The summed E-state index contributed by atoms with van der Waals surface area (Å²) in [5, 5.41) is 11.8. The molecule has 102 valence electrons. The summed E-state index contributed by atoms with van der Waals surface area (Å²) in [4.78, 5) is 27.8. The van der Waals surface area contributed by atoms with Gasteiger partial charge in [0.15, 0.2) is 0 Å². The van der Waals surface area contributed by atoms with E-state index in [9.17, 15) is 14.0 Å². The zero-order chi connectivity index (χ0) is 14.0. The van der Waals surface area contributed by atoms with Crippen LogP contribution in [-0.2, 0) is 4.79 Å². The number of aromatic carboxylic acids is 1. The van der Waals surface area contributed by atoms with Crippen LogP contribution >= 0.6 is 0 Å². The van der Waals surface area contributed by atoms with Crippen LogP contribution in [0.5, 0.6) is 0 Å². The van der Waals surface area contributed by atoms with Crippen molar-refractivity contribution in [2.24, 2.45) is 0 Å². The Hall–Kier alpha value is -2.18. The molecular formula is C12H14FN3O3. The zero-order valence-electron chi connectivity index (χ0n) is 10.4. The molecule has 1 aliphatic carbocycles. The molecule has 2 N–H and O–H groups in total. The van der Waals surface area contributed by atoms with Gasteiger partial charge in [0.2, 0.25) is 5.91 Å². The smallest absolute Gasteiger partial charge is 0.339 e. The minimum Gasteiger partial charge on any atom is -0.478 e. The second kappa shape index (κ2) is 5.21. The Balaban J connectivity index is 2.10. The lowest BCUT2D eigenvalue weighted by atomic mass is 10.2. The maximum absolute atomic E-state index is 13.0. The van der Waals surface area contributed by atoms with Gasteiger partial charge in [-0.2, -0.15) is 0 Å². The van der Waals surface area contributed by atoms with Crippen molar-refractivity contribution in [2.75, 3.05) is 18.5 Å². The number of carbonyl (C=O) groups is 2. The third-order valence-electron chi connectivity index (χ3n) is 2.75. The lowest BCUT2D eigenvalue weighted by Gasteiger charge is -2.19. The third kappa shape index (κ3) is 3.40. The summed E-state index contributed by atoms with van der Waals surface area (Å²) in [6.45, 7) is -0.0184. The van der Waals surface area contributed by atoms with Crippen molar-refractivity contribution in [3.63, 3.8) is 0 Å². The minimum atomic E-state index is -1.28. The number of anilines is 1. The molecule has 0 spiro atoms. The van der Waals surface area contributed by atoms with Crippen LogP contribution in [-0.4, -0.2) is 41.6 Å². The summed E-state index contributed by atoms with van der Waals surface area (Å²) < 4.78 is 13.0. The zero-order valence-corrected chi connectivity index (χ0v) is 10.4. The minimum absolute atomic E-state index is 0.0184. The first-order valence-corrected chi connectivity index (χ1v) is 5.86. The van der Waals surface area contributed by atoms with E-state index in [2.05, 4.69) is 10.3 Å². The number of amides is 1. The predicted octanol–water partition coefficient (Wildman–Crippen LogP) is 0.634. The maximum Gasteiger partial charge on any atom is 0.339 e. The quantitative estimate of drug-likeness (QED) is 0.817. The fourth-order valence-corrected chi connectivity index (χ4v) is 1.68. The number of carboxylic acid groups (broad SMARTS) is 1. The monoisotopic (exact) mass is 267 g/mol. The number of pyridine rings is 1. The molecule has 1 aromatic rings. The highest BCUT2D eigenvalue weighted by atomic mass is 19.1. The fourth-order valence-electron chi connectivity index (χ4n) is 1.68. The molecule has 1 fully saturated rings. The number of hydrogen-bond acceptors (Lipinski definition) is 4. The molecule has 0 aliphatic heterocycles. The number of aromatic nitrogens is 1. The van der Waals surface area contributed by atoms with E-state index >= 15 is 0 Å². The molecule has 1 heterocycles. The molecule has 2 rings (SSSR count). The van der Waals surface area contributed by atoms with Crippen molar-refractivity contribution >= 4 is 17.7 Å². The number of halogens is 1. The first-order chi connectivity index (χ1) is 8.97. The average Bonchev–Trinajstić information content (AvgIpc) is 3.12. The van der Waals surface area contributed by atoms with Crippen LogP contribution in [0.2, 0.25) is 0 Å². The number of rotatable bonds is 5. The normalized spacial score (nSPS) is 14.0. The van der Waals surface area contributed by atoms with Gasteiger partial charge in [-0.15, -0.1) is 0 Å². The molecule has 1 amide bonds. The van der Waals surface area contributed by atoms with Gasteiger partial charge in [-0.3, -0.25) is 4.79 Å². The van der Waals surface area contributed by atoms with E-state index in [1.165, 1.54) is 4.90 Å². The molecule has 1 aromatic heterocycles. The summed E-state index contributed by atoms with van der Waals surface area (Å²) in [6, 6.07) is 1.13. The Morgan fingerprint density at radius 3 is 2.84 bits per heavy atom. The van der Waals surface area contributed by atoms with Crippen molar-refractivity contribution < 1.29 is 19.1 Å². The standard InChI is InChI=1S/C12H14FN3O3/c1-16(6-10(17)15-8-2-3-8)11-9(12(18)19)4-7(13)5-14-11/h4-5,8H,2-3,6H2,1H3,(H,15,17)(H,18,19). The Morgan fingerprint density at radius 1 is 1.58 bits per heavy atom. The van der Waals surface area contributed by atoms with Crippen LogP contribution in [0, 0.1) is 5.82 Å². The van der Waals surface area contributed by atoms with E-state index < -0.39 is 11.8 Å². The van der Waals surface area contributed by atoms with E-state index in [4.69, 9.17) is 5.11 Å². The molecule has 0 aromatic carbocycles. The summed E-state index contributed by atoms with van der Waals surface area (Å²) in [6.07, 6.45) is 2.88. The molecule has 0 saturated heterocycles. The second-order valence-corrected chi connectivity index (χ2v) is 4.53. The van der Waals surface area contributed by atoms with E-state index in [1.807, 2.05) is 0 Å². The van der Waals surface area contributed by atoms with Gasteiger partial charge in [0.05, 0.1) is 12.7 Å². The molecule has 1 aliphatic rings. The van der Waals surface area contributed by atoms with Gasteiger partial charge in [-0.05, 0) is 18.9 Å². The molecule has 19 heavy (non-hydrogen) atoms. The predicted molar refractivity (Wildman–Crippen MR) is 65.6 cm³/mol. The van der Waals surface area contributed by atoms with Gasteiger partial charge < -0.3 is 15.3 Å². The highest BCUT2D eigenvalue weighted by Gasteiger charge is 2.24. The van der Waals surface area contributed by atoms with Crippen LogP contribution in [0.15, 0.2) is 12.3 Å². The highest BCUT2D eigenvalue weighted by Crippen LogP contribution is 2.19. The lowest BCUT2D eigenvalue weighted by Crippen LogP contribution is -2.37. The topological polar surface area (TPSA) is 82.5 Å². The first kappa shape index (κ1) is 13.3. The Kier molecular flexibility index (Phi) is 3.64. The first-order valence-electron chi connectivity index (χ1n) is 5.86. The summed E-state index contributed by atoms with van der Waals surface area (Å²) in [7, 11) is 1.54. The SMILES string of the molecule is CN(CC(=O)NC1CC1)c1ncc(F)cc1C(=O)O. The molecule has 0 unspecified atom stereocenters. The Morgan fingerprint density at radius 2 is 2.26 bits per heavy atom. The van der Waals surface area contributed by atoms with E-state index in [-0.39, 0.29) is 29.9 Å². The van der Waals surface area contributed by atoms with Crippen molar-refractivity contribution in [1.82, 2.24) is 10.3 Å². The van der Waals surface area contributed by atoms with Gasteiger partial charge >= 0.3 is 5.97 Å². The van der Waals surface area contributed by atoms with Crippen molar-refractivity contribution in [1.29, 1.82) is 0 Å². The molecule has 7 heteroatoms. The van der Waals surface area contributed by atoms with Crippen LogP contribution in [0.25, 0.3) is 0 Å². The number of nitrogens with zero attached hydrogens (tertiary/aromatic N) is 2. The van der Waals surface area contributed by atoms with Crippen molar-refractivity contribution in [2.45, 2.75) is 18.9 Å². The fraction of sp³-hybridized carbons (Fsp3) is 0.417. The third-order valence-corrected chi connectivity index (χ3v) is 2.75. The lowest BCUT2D eigenvalue weighted by molar-refractivity contribution is -0.119. The van der Waals surface area contributed by atoms with Gasteiger partial charge in [-0.25, -0.2) is 14.2 Å². The van der Waals surface area contributed by atoms with Crippen molar-refractivity contribution in [3.05, 3.63) is 23.6 Å². The molecular weight excluding hydrogens is 253 g/mol. The van der Waals surface area contributed by atoms with Gasteiger partial charge in [0.1, 0.15) is 17.2 Å². The molecule has 0 atom stereocenters. The summed E-state index contributed by atoms with van der Waals surface area (Å²) >= 11 is 0. The van der Waals surface area contributed by atoms with Crippen LogP contribution in [0.3, 0.4) is 0 Å². The summed E-state index contributed by atoms with van der Waals surface area (Å²) in [5.74, 6) is -2.14. The van der Waals surface area contributed by atoms with Crippen LogP contribution < -0.4 is 10.2 Å². The van der Waals surface area contributed by atoms with Gasteiger partial charge in [0, 0.05) is 13.1 Å². The number of likely N-dealkylation sites (N-methyl/N-ethyl adjacent to an activating group) is 1.